The van der Waals surface area contributed by atoms with Crippen LogP contribution in [0.3, 0.4) is 0 Å². The topological polar surface area (TPSA) is 85.8 Å². The van der Waals surface area contributed by atoms with Crippen molar-refractivity contribution in [2.24, 2.45) is 0 Å². The summed E-state index contributed by atoms with van der Waals surface area (Å²) in [5.74, 6) is -0.0421. The monoisotopic (exact) mass is 493 g/mol. The molecule has 0 saturated heterocycles. The lowest BCUT2D eigenvalue weighted by molar-refractivity contribution is -0.140. The van der Waals surface area contributed by atoms with E-state index in [-0.39, 0.29) is 11.1 Å². The maximum Gasteiger partial charge on any atom is 0.433 e. The molecule has 4 aromatic rings. The summed E-state index contributed by atoms with van der Waals surface area (Å²) in [6.07, 6.45) is -3.10. The number of pyridine rings is 1. The van der Waals surface area contributed by atoms with Crippen LogP contribution in [0.5, 0.6) is 0 Å². The lowest BCUT2D eigenvalue weighted by Gasteiger charge is -2.12. The van der Waals surface area contributed by atoms with E-state index in [4.69, 9.17) is 4.52 Å². The summed E-state index contributed by atoms with van der Waals surface area (Å²) in [4.78, 5) is 16.6. The molecule has 0 radical (unpaired) electrons. The maximum absolute atomic E-state index is 13.3. The quantitative estimate of drug-likeness (QED) is 0.426. The van der Waals surface area contributed by atoms with E-state index in [1.165, 1.54) is 6.07 Å². The van der Waals surface area contributed by atoms with Crippen molar-refractivity contribution in [3.8, 4) is 0 Å². The van der Waals surface area contributed by atoms with Gasteiger partial charge in [-0.3, -0.25) is 9.48 Å². The number of carbonyl (C=O) groups is 1. The lowest BCUT2D eigenvalue weighted by atomic mass is 10.1. The third-order valence-electron chi connectivity index (χ3n) is 4.50. The molecule has 31 heavy (non-hydrogen) atoms. The Morgan fingerprint density at radius 2 is 2.00 bits per heavy atom. The zero-order valence-corrected chi connectivity index (χ0v) is 17.9. The van der Waals surface area contributed by atoms with Crippen LogP contribution in [0.2, 0.25) is 0 Å². The predicted octanol–water partition coefficient (Wildman–Crippen LogP) is 5.12. The minimum atomic E-state index is -4.69. The van der Waals surface area contributed by atoms with Gasteiger partial charge in [0.25, 0.3) is 5.91 Å². The average Bonchev–Trinajstić information content (AvgIpc) is 3.25. The Morgan fingerprint density at radius 3 is 2.68 bits per heavy atom. The van der Waals surface area contributed by atoms with Crippen LogP contribution in [0, 0.1) is 13.8 Å². The van der Waals surface area contributed by atoms with Gasteiger partial charge in [-0.15, -0.1) is 0 Å². The molecule has 0 atom stereocenters. The largest absolute Gasteiger partial charge is 0.433 e. The number of aryl methyl sites for hydroxylation is 2. The van der Waals surface area contributed by atoms with Crippen molar-refractivity contribution in [1.29, 1.82) is 0 Å². The van der Waals surface area contributed by atoms with Gasteiger partial charge in [0.2, 0.25) is 0 Å². The van der Waals surface area contributed by atoms with Gasteiger partial charge in [0.05, 0.1) is 29.0 Å². The molecule has 0 aliphatic rings. The summed E-state index contributed by atoms with van der Waals surface area (Å²) in [6, 6.07) is 7.06. The first-order valence-corrected chi connectivity index (χ1v) is 9.84. The molecule has 11 heteroatoms. The van der Waals surface area contributed by atoms with E-state index in [1.54, 1.807) is 42.9 Å². The number of nitrogens with one attached hydrogen (secondary N) is 1. The zero-order valence-electron chi connectivity index (χ0n) is 16.3. The molecule has 1 amide bonds. The van der Waals surface area contributed by atoms with Crippen molar-refractivity contribution in [3.63, 3.8) is 0 Å². The molecule has 0 aliphatic heterocycles. The Hall–Kier alpha value is -3.21. The van der Waals surface area contributed by atoms with Crippen LogP contribution in [0.1, 0.15) is 33.2 Å². The van der Waals surface area contributed by atoms with Crippen LogP contribution in [0.25, 0.3) is 10.9 Å². The number of hydrogen-bond donors (Lipinski definition) is 1. The third-order valence-corrected chi connectivity index (χ3v) is 4.99. The number of benzene rings is 1. The van der Waals surface area contributed by atoms with Gasteiger partial charge in [-0.05, 0) is 38.1 Å². The van der Waals surface area contributed by atoms with Crippen LogP contribution < -0.4 is 5.32 Å². The Bertz CT molecular complexity index is 1300. The molecule has 160 valence electrons. The van der Waals surface area contributed by atoms with Crippen molar-refractivity contribution in [2.45, 2.75) is 26.6 Å². The minimum Gasteiger partial charge on any atom is -0.361 e. The Morgan fingerprint density at radius 1 is 1.23 bits per heavy atom. The zero-order chi connectivity index (χ0) is 22.3. The third kappa shape index (κ3) is 4.46. The highest BCUT2D eigenvalue weighted by Crippen LogP contribution is 2.32. The van der Waals surface area contributed by atoms with E-state index >= 15 is 0 Å². The van der Waals surface area contributed by atoms with Crippen molar-refractivity contribution in [2.75, 3.05) is 5.32 Å². The van der Waals surface area contributed by atoms with E-state index in [0.29, 0.717) is 39.2 Å². The van der Waals surface area contributed by atoms with E-state index in [9.17, 15) is 18.0 Å². The van der Waals surface area contributed by atoms with Gasteiger partial charge in [0.15, 0.2) is 0 Å². The Labute approximate surface area is 182 Å². The van der Waals surface area contributed by atoms with Gasteiger partial charge in [0, 0.05) is 22.1 Å². The molecule has 0 saturated carbocycles. The smallest absolute Gasteiger partial charge is 0.361 e. The number of fused-ring (bicyclic) bond motifs is 1. The number of anilines is 1. The van der Waals surface area contributed by atoms with Gasteiger partial charge in [0.1, 0.15) is 17.1 Å². The van der Waals surface area contributed by atoms with E-state index in [0.717, 1.165) is 6.07 Å². The second-order valence-electron chi connectivity index (χ2n) is 6.92. The fourth-order valence-corrected chi connectivity index (χ4v) is 3.46. The highest BCUT2D eigenvalue weighted by Gasteiger charge is 2.34. The molecular formula is C20H15BrF3N5O2. The summed E-state index contributed by atoms with van der Waals surface area (Å²) in [7, 11) is 0. The molecule has 0 spiro atoms. The summed E-state index contributed by atoms with van der Waals surface area (Å²) in [5.41, 5.74) is 0.316. The van der Waals surface area contributed by atoms with Gasteiger partial charge < -0.3 is 9.84 Å². The van der Waals surface area contributed by atoms with Crippen molar-refractivity contribution in [1.82, 2.24) is 19.9 Å². The number of rotatable bonds is 4. The predicted molar refractivity (Wildman–Crippen MR) is 110 cm³/mol. The SMILES string of the molecule is Cc1cc(Cn2cc(NC(=O)c3cc(C(F)(F)F)nc4ccc(Br)cc34)c(C)n2)no1. The van der Waals surface area contributed by atoms with E-state index in [1.807, 2.05) is 0 Å². The van der Waals surface area contributed by atoms with Crippen molar-refractivity contribution >= 4 is 38.4 Å². The highest BCUT2D eigenvalue weighted by molar-refractivity contribution is 9.10. The number of hydrogen-bond acceptors (Lipinski definition) is 5. The molecule has 7 nitrogen and oxygen atoms in total. The second-order valence-corrected chi connectivity index (χ2v) is 7.84. The molecule has 1 aromatic carbocycles. The number of nitrogens with zero attached hydrogens (tertiary/aromatic N) is 4. The molecule has 0 bridgehead atoms. The summed E-state index contributed by atoms with van der Waals surface area (Å²) in [6.45, 7) is 3.77. The van der Waals surface area contributed by atoms with Crippen molar-refractivity contribution in [3.05, 3.63) is 69.4 Å². The highest BCUT2D eigenvalue weighted by atomic mass is 79.9. The first kappa shape index (κ1) is 21.0. The first-order valence-electron chi connectivity index (χ1n) is 9.05. The molecule has 3 heterocycles. The number of alkyl halides is 3. The fourth-order valence-electron chi connectivity index (χ4n) is 3.10. The second kappa shape index (κ2) is 7.80. The number of halogens is 4. The maximum atomic E-state index is 13.3. The van der Waals surface area contributed by atoms with Gasteiger partial charge in [-0.1, -0.05) is 21.1 Å². The Balaban J connectivity index is 1.68. The van der Waals surface area contributed by atoms with Crippen LogP contribution in [0.15, 0.2) is 45.5 Å². The van der Waals surface area contributed by atoms with Crippen LogP contribution >= 0.6 is 15.9 Å². The van der Waals surface area contributed by atoms with Crippen molar-refractivity contribution < 1.29 is 22.5 Å². The molecular weight excluding hydrogens is 479 g/mol. The fraction of sp³-hybridized carbons (Fsp3) is 0.200. The van der Waals surface area contributed by atoms with Gasteiger partial charge >= 0.3 is 6.18 Å². The molecule has 0 unspecified atom stereocenters. The van der Waals surface area contributed by atoms with Gasteiger partial charge in [-0.2, -0.15) is 18.3 Å². The minimum absolute atomic E-state index is 0.0667. The molecule has 0 fully saturated rings. The standard InChI is InChI=1S/C20H15BrF3N5O2/c1-10-5-13(28-31-10)8-29-9-17(11(2)27-29)26-19(30)15-7-18(20(22,23)24)25-16-4-3-12(21)6-14(15)16/h3-7,9H,8H2,1-2H3,(H,26,30). The number of carbonyl (C=O) groups excluding carboxylic acids is 1. The summed E-state index contributed by atoms with van der Waals surface area (Å²) >= 11 is 3.28. The summed E-state index contributed by atoms with van der Waals surface area (Å²) in [5, 5.41) is 11.2. The average molecular weight is 494 g/mol. The molecule has 0 aliphatic carbocycles. The number of aromatic nitrogens is 4. The number of amides is 1. The van der Waals surface area contributed by atoms with E-state index in [2.05, 4.69) is 36.5 Å². The molecule has 4 rings (SSSR count). The molecule has 1 N–H and O–H groups in total. The molecule has 3 aromatic heterocycles. The first-order chi connectivity index (χ1) is 14.6. The Kier molecular flexibility index (Phi) is 5.29. The normalized spacial score (nSPS) is 11.8. The van der Waals surface area contributed by atoms with E-state index < -0.39 is 17.8 Å². The summed E-state index contributed by atoms with van der Waals surface area (Å²) < 4.78 is 47.1. The lowest BCUT2D eigenvalue weighted by Crippen LogP contribution is -2.16. The van der Waals surface area contributed by atoms with Crippen LogP contribution in [-0.2, 0) is 12.7 Å². The van der Waals surface area contributed by atoms with Crippen LogP contribution in [-0.4, -0.2) is 25.8 Å². The van der Waals surface area contributed by atoms with Gasteiger partial charge in [-0.25, -0.2) is 4.98 Å². The van der Waals surface area contributed by atoms with Crippen LogP contribution in [0.4, 0.5) is 18.9 Å².